The second kappa shape index (κ2) is 9.31. The highest BCUT2D eigenvalue weighted by atomic mass is 35.6. The van der Waals surface area contributed by atoms with Crippen LogP contribution in [0.15, 0.2) is 48.5 Å². The van der Waals surface area contributed by atoms with Gasteiger partial charge in [-0.3, -0.25) is 4.79 Å². The van der Waals surface area contributed by atoms with Gasteiger partial charge < -0.3 is 16.0 Å². The van der Waals surface area contributed by atoms with Crippen LogP contribution in [-0.4, -0.2) is 21.0 Å². The van der Waals surface area contributed by atoms with Crippen LogP contribution >= 0.6 is 70.2 Å². The van der Waals surface area contributed by atoms with Gasteiger partial charge in [0.2, 0.25) is 3.79 Å². The minimum absolute atomic E-state index is 0.134. The Morgan fingerprint density at radius 1 is 0.962 bits per heavy atom. The molecule has 0 aliphatic carbocycles. The summed E-state index contributed by atoms with van der Waals surface area (Å²) in [6, 6.07) is 13.3. The smallest absolute Gasteiger partial charge is 0.253 e. The van der Waals surface area contributed by atoms with Crippen molar-refractivity contribution in [1.29, 1.82) is 0 Å². The standard InChI is InChI=1S/C16H12Cl5N3OS/c17-10-4-1-3-9(7-10)13(25)23-14(16(19,20)21)24-15(26)22-12-6-2-5-11(18)8-12/h1-8,14H,(H,23,25)(H2,22,24,26)/t14-/m1/s1. The van der Waals surface area contributed by atoms with Gasteiger partial charge in [0.05, 0.1) is 0 Å². The zero-order valence-electron chi connectivity index (χ0n) is 12.9. The van der Waals surface area contributed by atoms with E-state index < -0.39 is 15.9 Å². The van der Waals surface area contributed by atoms with Crippen molar-refractivity contribution in [3.8, 4) is 0 Å². The summed E-state index contributed by atoms with van der Waals surface area (Å²) < 4.78 is -1.87. The van der Waals surface area contributed by atoms with Crippen LogP contribution in [0.3, 0.4) is 0 Å². The Hall–Kier alpha value is -0.950. The summed E-state index contributed by atoms with van der Waals surface area (Å²) in [7, 11) is 0. The highest BCUT2D eigenvalue weighted by molar-refractivity contribution is 7.80. The highest BCUT2D eigenvalue weighted by Gasteiger charge is 2.34. The van der Waals surface area contributed by atoms with Crippen LogP contribution in [0.1, 0.15) is 10.4 Å². The number of carbonyl (C=O) groups excluding carboxylic acids is 1. The van der Waals surface area contributed by atoms with Crippen molar-refractivity contribution in [3.63, 3.8) is 0 Å². The Balaban J connectivity index is 2.07. The minimum Gasteiger partial charge on any atom is -0.339 e. The lowest BCUT2D eigenvalue weighted by molar-refractivity contribution is 0.0934. The molecular weight excluding hydrogens is 460 g/mol. The van der Waals surface area contributed by atoms with Gasteiger partial charge in [0.1, 0.15) is 6.17 Å². The number of hydrogen-bond acceptors (Lipinski definition) is 2. The number of amides is 1. The van der Waals surface area contributed by atoms with Crippen molar-refractivity contribution in [1.82, 2.24) is 10.6 Å². The largest absolute Gasteiger partial charge is 0.339 e. The molecule has 0 aliphatic rings. The summed E-state index contributed by atoms with van der Waals surface area (Å²) in [5.74, 6) is -0.484. The fourth-order valence-corrected chi connectivity index (χ4v) is 2.85. The SMILES string of the molecule is O=C(N[C@H](NC(=S)Nc1cccc(Cl)c1)C(Cl)(Cl)Cl)c1cccc(Cl)c1. The third kappa shape index (κ3) is 6.65. The molecule has 138 valence electrons. The van der Waals surface area contributed by atoms with E-state index in [9.17, 15) is 4.79 Å². The number of rotatable bonds is 4. The Labute approximate surface area is 181 Å². The molecule has 0 unspecified atom stereocenters. The fraction of sp³-hybridized carbons (Fsp3) is 0.125. The molecule has 0 aliphatic heterocycles. The van der Waals surface area contributed by atoms with Gasteiger partial charge in [0.25, 0.3) is 5.91 Å². The minimum atomic E-state index is -1.87. The average molecular weight is 472 g/mol. The maximum atomic E-state index is 12.4. The van der Waals surface area contributed by atoms with Crippen molar-refractivity contribution in [3.05, 3.63) is 64.1 Å². The van der Waals surface area contributed by atoms with E-state index in [-0.39, 0.29) is 5.11 Å². The third-order valence-electron chi connectivity index (χ3n) is 3.05. The highest BCUT2D eigenvalue weighted by Crippen LogP contribution is 2.29. The molecule has 0 bridgehead atoms. The summed E-state index contributed by atoms with van der Waals surface area (Å²) in [6.45, 7) is 0. The van der Waals surface area contributed by atoms with Crippen molar-refractivity contribution in [2.45, 2.75) is 9.96 Å². The first-order chi connectivity index (χ1) is 12.1. The van der Waals surface area contributed by atoms with E-state index in [0.717, 1.165) is 0 Å². The van der Waals surface area contributed by atoms with E-state index in [2.05, 4.69) is 16.0 Å². The first-order valence-electron chi connectivity index (χ1n) is 7.11. The maximum Gasteiger partial charge on any atom is 0.253 e. The molecule has 4 nitrogen and oxygen atoms in total. The van der Waals surface area contributed by atoms with Gasteiger partial charge in [0.15, 0.2) is 5.11 Å². The van der Waals surface area contributed by atoms with Crippen LogP contribution in [-0.2, 0) is 0 Å². The van der Waals surface area contributed by atoms with E-state index in [4.69, 9.17) is 70.2 Å². The number of anilines is 1. The number of thiocarbonyl (C=S) groups is 1. The summed E-state index contributed by atoms with van der Waals surface area (Å²) in [6.07, 6.45) is -1.10. The van der Waals surface area contributed by atoms with Gasteiger partial charge in [0, 0.05) is 21.3 Å². The molecule has 2 aromatic rings. The predicted octanol–water partition coefficient (Wildman–Crippen LogP) is 5.41. The van der Waals surface area contributed by atoms with Crippen LogP contribution in [0.25, 0.3) is 0 Å². The number of benzene rings is 2. The molecule has 0 aromatic heterocycles. The summed E-state index contributed by atoms with van der Waals surface area (Å²) >= 11 is 34.9. The Kier molecular flexibility index (Phi) is 7.64. The number of carbonyl (C=O) groups is 1. The normalized spacial score (nSPS) is 12.2. The van der Waals surface area contributed by atoms with Crippen molar-refractivity contribution >= 4 is 86.9 Å². The Morgan fingerprint density at radius 3 is 2.15 bits per heavy atom. The third-order valence-corrected chi connectivity index (χ3v) is 4.39. The van der Waals surface area contributed by atoms with Crippen molar-refractivity contribution in [2.75, 3.05) is 5.32 Å². The first-order valence-corrected chi connectivity index (χ1v) is 9.41. The molecular formula is C16H12Cl5N3OS. The van der Waals surface area contributed by atoms with Gasteiger partial charge in [-0.15, -0.1) is 0 Å². The molecule has 1 atom stereocenters. The molecule has 0 fully saturated rings. The molecule has 10 heteroatoms. The molecule has 26 heavy (non-hydrogen) atoms. The molecule has 3 N–H and O–H groups in total. The topological polar surface area (TPSA) is 53.2 Å². The molecule has 0 spiro atoms. The molecule has 0 saturated heterocycles. The lowest BCUT2D eigenvalue weighted by Crippen LogP contribution is -2.56. The first kappa shape index (κ1) is 21.4. The van der Waals surface area contributed by atoms with Gasteiger partial charge in [-0.2, -0.15) is 0 Å². The van der Waals surface area contributed by atoms with E-state index >= 15 is 0 Å². The zero-order valence-corrected chi connectivity index (χ0v) is 17.5. The molecule has 0 saturated carbocycles. The number of nitrogens with one attached hydrogen (secondary N) is 3. The fourth-order valence-electron chi connectivity index (χ4n) is 1.91. The van der Waals surface area contributed by atoms with Crippen LogP contribution in [0, 0.1) is 0 Å². The second-order valence-corrected chi connectivity index (χ2v) is 8.72. The van der Waals surface area contributed by atoms with Gasteiger partial charge in [-0.05, 0) is 48.6 Å². The second-order valence-electron chi connectivity index (χ2n) is 5.07. The Bertz CT molecular complexity index is 812. The lowest BCUT2D eigenvalue weighted by Gasteiger charge is -2.27. The number of hydrogen-bond donors (Lipinski definition) is 3. The van der Waals surface area contributed by atoms with Crippen molar-refractivity contribution < 1.29 is 4.79 Å². The predicted molar refractivity (Wildman–Crippen MR) is 114 cm³/mol. The molecule has 2 rings (SSSR count). The maximum absolute atomic E-state index is 12.4. The van der Waals surface area contributed by atoms with E-state index in [1.165, 1.54) is 6.07 Å². The quantitative estimate of drug-likeness (QED) is 0.317. The van der Waals surface area contributed by atoms with Gasteiger partial charge in [-0.1, -0.05) is 70.1 Å². The van der Waals surface area contributed by atoms with E-state index in [1.807, 2.05) is 0 Å². The molecule has 2 aromatic carbocycles. The van der Waals surface area contributed by atoms with Gasteiger partial charge >= 0.3 is 0 Å². The van der Waals surface area contributed by atoms with E-state index in [0.29, 0.717) is 21.3 Å². The van der Waals surface area contributed by atoms with Crippen LogP contribution in [0.4, 0.5) is 5.69 Å². The zero-order chi connectivity index (χ0) is 19.3. The Morgan fingerprint density at radius 2 is 1.58 bits per heavy atom. The molecule has 0 heterocycles. The summed E-state index contributed by atoms with van der Waals surface area (Å²) in [5.41, 5.74) is 0.950. The molecule has 0 radical (unpaired) electrons. The van der Waals surface area contributed by atoms with Crippen LogP contribution in [0.5, 0.6) is 0 Å². The number of halogens is 5. The van der Waals surface area contributed by atoms with Crippen molar-refractivity contribution in [2.24, 2.45) is 0 Å². The van der Waals surface area contributed by atoms with Gasteiger partial charge in [-0.25, -0.2) is 0 Å². The number of alkyl halides is 3. The average Bonchev–Trinajstić information content (AvgIpc) is 2.53. The van der Waals surface area contributed by atoms with Crippen LogP contribution < -0.4 is 16.0 Å². The van der Waals surface area contributed by atoms with Crippen LogP contribution in [0.2, 0.25) is 10.0 Å². The summed E-state index contributed by atoms with van der Waals surface area (Å²) in [5, 5.41) is 9.30. The summed E-state index contributed by atoms with van der Waals surface area (Å²) in [4.78, 5) is 12.4. The lowest BCUT2D eigenvalue weighted by atomic mass is 10.2. The monoisotopic (exact) mass is 469 g/mol. The molecule has 1 amide bonds. The van der Waals surface area contributed by atoms with E-state index in [1.54, 1.807) is 42.5 Å².